The van der Waals surface area contributed by atoms with Gasteiger partial charge in [0.25, 0.3) is 10.0 Å². The number of sulfonamides is 1. The first-order valence-electron chi connectivity index (χ1n) is 14.4. The molecule has 1 N–H and O–H groups in total. The molecule has 0 unspecified atom stereocenters. The van der Waals surface area contributed by atoms with Crippen molar-refractivity contribution in [3.05, 3.63) is 118 Å². The first-order chi connectivity index (χ1) is 22.1. The number of anilines is 1. The molecule has 0 aliphatic heterocycles. The van der Waals surface area contributed by atoms with Crippen molar-refractivity contribution in [2.75, 3.05) is 31.6 Å². The minimum atomic E-state index is -4.36. The van der Waals surface area contributed by atoms with Gasteiger partial charge in [-0.25, -0.2) is 8.42 Å². The summed E-state index contributed by atoms with van der Waals surface area (Å²) in [5.41, 5.74) is 1.75. The maximum atomic E-state index is 14.5. The molecule has 0 saturated carbocycles. The van der Waals surface area contributed by atoms with E-state index in [0.29, 0.717) is 27.9 Å². The largest absolute Gasteiger partial charge is 0.493 e. The minimum Gasteiger partial charge on any atom is -0.493 e. The van der Waals surface area contributed by atoms with Crippen LogP contribution in [0.1, 0.15) is 18.1 Å². The second-order valence-corrected chi connectivity index (χ2v) is 13.0. The molecule has 242 valence electrons. The SMILES string of the molecule is CCNC(=O)[C@H](Cc1ccccc1)N(Cc1ccc(Cl)cc1)C(=O)CN(c1ccc(Cl)cc1)S(=O)(=O)c1ccc(OC)c(OC)c1. The zero-order chi connectivity index (χ0) is 33.3. The Labute approximate surface area is 279 Å². The standard InChI is InChI=1S/C34H35Cl2N3O6S/c1-4-37-34(41)30(20-24-8-6-5-7-9-24)38(22-25-10-12-26(35)13-11-25)33(40)23-39(28-16-14-27(36)15-17-28)46(42,43)29-18-19-31(44-2)32(21-29)45-3/h5-19,21,30H,4,20,22-23H2,1-3H3,(H,37,41)/t30-/m0/s1. The summed E-state index contributed by atoms with van der Waals surface area (Å²) in [4.78, 5) is 29.3. The minimum absolute atomic E-state index is 0.0233. The van der Waals surface area contributed by atoms with Gasteiger partial charge in [-0.2, -0.15) is 0 Å². The topological polar surface area (TPSA) is 105 Å². The van der Waals surface area contributed by atoms with Gasteiger partial charge in [-0.1, -0.05) is 65.7 Å². The summed E-state index contributed by atoms with van der Waals surface area (Å²) in [5.74, 6) is -0.416. The highest BCUT2D eigenvalue weighted by molar-refractivity contribution is 7.92. The van der Waals surface area contributed by atoms with Crippen molar-refractivity contribution in [3.8, 4) is 11.5 Å². The third-order valence-electron chi connectivity index (χ3n) is 7.22. The molecule has 2 amide bonds. The lowest BCUT2D eigenvalue weighted by Gasteiger charge is -2.34. The van der Waals surface area contributed by atoms with Crippen LogP contribution >= 0.6 is 23.2 Å². The molecule has 4 rings (SSSR count). The second kappa shape index (κ2) is 15.8. The zero-order valence-electron chi connectivity index (χ0n) is 25.7. The lowest BCUT2D eigenvalue weighted by atomic mass is 10.0. The van der Waals surface area contributed by atoms with E-state index in [-0.39, 0.29) is 35.2 Å². The summed E-state index contributed by atoms with van der Waals surface area (Å²) < 4.78 is 40.2. The van der Waals surface area contributed by atoms with Gasteiger partial charge < -0.3 is 19.7 Å². The number of nitrogens with one attached hydrogen (secondary N) is 1. The highest BCUT2D eigenvalue weighted by Crippen LogP contribution is 2.33. The molecule has 4 aromatic carbocycles. The van der Waals surface area contributed by atoms with Crippen LogP contribution in [0.15, 0.2) is 102 Å². The fourth-order valence-corrected chi connectivity index (χ4v) is 6.55. The molecule has 0 aliphatic rings. The van der Waals surface area contributed by atoms with E-state index in [1.54, 1.807) is 31.2 Å². The molecule has 0 saturated heterocycles. The molecule has 46 heavy (non-hydrogen) atoms. The van der Waals surface area contributed by atoms with E-state index < -0.39 is 28.5 Å². The molecule has 0 spiro atoms. The Morgan fingerprint density at radius 2 is 1.41 bits per heavy atom. The summed E-state index contributed by atoms with van der Waals surface area (Å²) in [5, 5.41) is 3.75. The van der Waals surface area contributed by atoms with Gasteiger partial charge in [-0.3, -0.25) is 13.9 Å². The number of rotatable bonds is 14. The van der Waals surface area contributed by atoms with Crippen LogP contribution in [0.5, 0.6) is 11.5 Å². The van der Waals surface area contributed by atoms with Crippen molar-refractivity contribution in [2.45, 2.75) is 30.8 Å². The number of nitrogens with zero attached hydrogens (tertiary/aromatic N) is 2. The average Bonchev–Trinajstić information content (AvgIpc) is 3.06. The Bertz CT molecular complexity index is 1740. The van der Waals surface area contributed by atoms with Crippen molar-refractivity contribution in [1.82, 2.24) is 10.2 Å². The Balaban J connectivity index is 1.81. The van der Waals surface area contributed by atoms with Crippen molar-refractivity contribution in [1.29, 1.82) is 0 Å². The van der Waals surface area contributed by atoms with Crippen LogP contribution < -0.4 is 19.1 Å². The summed E-state index contributed by atoms with van der Waals surface area (Å²) in [6.45, 7) is 1.55. The molecule has 9 nitrogen and oxygen atoms in total. The van der Waals surface area contributed by atoms with Crippen molar-refractivity contribution < 1.29 is 27.5 Å². The first kappa shape index (κ1) is 34.6. The number of halogens is 2. The number of carbonyl (C=O) groups is 2. The number of amides is 2. The molecule has 12 heteroatoms. The number of likely N-dealkylation sites (N-methyl/N-ethyl adjacent to an activating group) is 1. The molecule has 0 aliphatic carbocycles. The van der Waals surface area contributed by atoms with E-state index in [4.69, 9.17) is 32.7 Å². The molecular formula is C34H35Cl2N3O6S. The van der Waals surface area contributed by atoms with Crippen LogP contribution in [0, 0.1) is 0 Å². The van der Waals surface area contributed by atoms with Crippen molar-refractivity contribution in [3.63, 3.8) is 0 Å². The Kier molecular flexibility index (Phi) is 11.9. The second-order valence-electron chi connectivity index (χ2n) is 10.3. The number of benzene rings is 4. The molecule has 0 aromatic heterocycles. The Morgan fingerprint density at radius 3 is 2.00 bits per heavy atom. The van der Waals surface area contributed by atoms with Gasteiger partial charge in [0.1, 0.15) is 12.6 Å². The van der Waals surface area contributed by atoms with Crippen LogP contribution in [-0.2, 0) is 32.6 Å². The number of methoxy groups -OCH3 is 2. The van der Waals surface area contributed by atoms with Gasteiger partial charge in [0.2, 0.25) is 11.8 Å². The van der Waals surface area contributed by atoms with Crippen LogP contribution in [-0.4, -0.2) is 58.5 Å². The lowest BCUT2D eigenvalue weighted by molar-refractivity contribution is -0.140. The molecule has 1 atom stereocenters. The predicted octanol–water partition coefficient (Wildman–Crippen LogP) is 5.98. The summed E-state index contributed by atoms with van der Waals surface area (Å²) in [6, 6.07) is 25.6. The predicted molar refractivity (Wildman–Crippen MR) is 180 cm³/mol. The number of hydrogen-bond donors (Lipinski definition) is 1. The number of hydrogen-bond acceptors (Lipinski definition) is 6. The highest BCUT2D eigenvalue weighted by atomic mass is 35.5. The molecular weight excluding hydrogens is 649 g/mol. The highest BCUT2D eigenvalue weighted by Gasteiger charge is 2.35. The molecule has 4 aromatic rings. The van der Waals surface area contributed by atoms with Gasteiger partial charge in [0, 0.05) is 35.6 Å². The summed E-state index contributed by atoms with van der Waals surface area (Å²) >= 11 is 12.3. The van der Waals surface area contributed by atoms with E-state index in [1.165, 1.54) is 61.6 Å². The monoisotopic (exact) mass is 683 g/mol. The third-order valence-corrected chi connectivity index (χ3v) is 9.50. The zero-order valence-corrected chi connectivity index (χ0v) is 28.0. The van der Waals surface area contributed by atoms with Crippen molar-refractivity contribution >= 4 is 50.7 Å². The van der Waals surface area contributed by atoms with E-state index in [1.807, 2.05) is 30.3 Å². The first-order valence-corrected chi connectivity index (χ1v) is 16.6. The normalized spacial score (nSPS) is 11.8. The quantitative estimate of drug-likeness (QED) is 0.175. The fourth-order valence-electron chi connectivity index (χ4n) is 4.87. The molecule has 0 bridgehead atoms. The van der Waals surface area contributed by atoms with Gasteiger partial charge in [-0.05, 0) is 66.6 Å². The molecule has 0 heterocycles. The third kappa shape index (κ3) is 8.51. The van der Waals surface area contributed by atoms with Gasteiger partial charge in [0.05, 0.1) is 24.8 Å². The van der Waals surface area contributed by atoms with Gasteiger partial charge >= 0.3 is 0 Å². The summed E-state index contributed by atoms with van der Waals surface area (Å²) in [6.07, 6.45) is 0.204. The Morgan fingerprint density at radius 1 is 0.804 bits per heavy atom. The van der Waals surface area contributed by atoms with Gasteiger partial charge in [0.15, 0.2) is 11.5 Å². The van der Waals surface area contributed by atoms with E-state index in [2.05, 4.69) is 5.32 Å². The van der Waals surface area contributed by atoms with Crippen LogP contribution in [0.3, 0.4) is 0 Å². The van der Waals surface area contributed by atoms with Crippen LogP contribution in [0.4, 0.5) is 5.69 Å². The fraction of sp³-hybridized carbons (Fsp3) is 0.235. The van der Waals surface area contributed by atoms with E-state index >= 15 is 0 Å². The number of carbonyl (C=O) groups excluding carboxylic acids is 2. The van der Waals surface area contributed by atoms with Gasteiger partial charge in [-0.15, -0.1) is 0 Å². The maximum absolute atomic E-state index is 14.5. The van der Waals surface area contributed by atoms with Crippen LogP contribution in [0.2, 0.25) is 10.0 Å². The Hall–Kier alpha value is -4.25. The average molecular weight is 685 g/mol. The van der Waals surface area contributed by atoms with Crippen LogP contribution in [0.25, 0.3) is 0 Å². The molecule has 0 radical (unpaired) electrons. The van der Waals surface area contributed by atoms with E-state index in [9.17, 15) is 18.0 Å². The maximum Gasteiger partial charge on any atom is 0.264 e. The smallest absolute Gasteiger partial charge is 0.264 e. The lowest BCUT2D eigenvalue weighted by Crippen LogP contribution is -2.53. The van der Waals surface area contributed by atoms with Crippen molar-refractivity contribution in [2.24, 2.45) is 0 Å². The number of ether oxygens (including phenoxy) is 2. The van der Waals surface area contributed by atoms with E-state index in [0.717, 1.165) is 9.87 Å². The molecule has 0 fully saturated rings. The summed E-state index contributed by atoms with van der Waals surface area (Å²) in [7, 11) is -1.51.